The zero-order chi connectivity index (χ0) is 28.7. The molecule has 0 aliphatic carbocycles. The Kier molecular flexibility index (Phi) is 8.41. The third kappa shape index (κ3) is 6.61. The van der Waals surface area contributed by atoms with Crippen LogP contribution in [0.2, 0.25) is 10.0 Å². The summed E-state index contributed by atoms with van der Waals surface area (Å²) in [6, 6.07) is 7.39. The highest BCUT2D eigenvalue weighted by Crippen LogP contribution is 2.40. The van der Waals surface area contributed by atoms with Gasteiger partial charge in [0.05, 0.1) is 16.2 Å². The Bertz CT molecular complexity index is 1210. The molecular formula is C29H38Cl2N4O4. The molecule has 3 N–H and O–H groups in total. The number of ether oxygens (including phenoxy) is 1. The van der Waals surface area contributed by atoms with Gasteiger partial charge < -0.3 is 25.4 Å². The summed E-state index contributed by atoms with van der Waals surface area (Å²) >= 11 is 12.6. The predicted octanol–water partition coefficient (Wildman–Crippen LogP) is 5.23. The molecule has 2 fully saturated rings. The van der Waals surface area contributed by atoms with Gasteiger partial charge in [-0.2, -0.15) is 0 Å². The van der Waals surface area contributed by atoms with Crippen molar-refractivity contribution in [2.24, 2.45) is 0 Å². The number of halogens is 2. The van der Waals surface area contributed by atoms with Crippen LogP contribution >= 0.6 is 23.2 Å². The van der Waals surface area contributed by atoms with Crippen molar-refractivity contribution in [2.75, 3.05) is 4.90 Å². The highest BCUT2D eigenvalue weighted by Gasteiger charge is 2.43. The average molecular weight is 578 g/mol. The van der Waals surface area contributed by atoms with Crippen molar-refractivity contribution >= 4 is 40.8 Å². The van der Waals surface area contributed by atoms with E-state index in [0.717, 1.165) is 31.5 Å². The highest BCUT2D eigenvalue weighted by atomic mass is 35.5. The number of anilines is 1. The van der Waals surface area contributed by atoms with Crippen molar-refractivity contribution in [2.45, 2.75) is 103 Å². The molecule has 4 rings (SSSR count). The van der Waals surface area contributed by atoms with Gasteiger partial charge in [-0.3, -0.25) is 9.59 Å². The molecule has 2 bridgehead atoms. The van der Waals surface area contributed by atoms with E-state index in [2.05, 4.69) is 20.5 Å². The molecule has 2 amide bonds. The lowest BCUT2D eigenvalue weighted by atomic mass is 9.96. The van der Waals surface area contributed by atoms with Crippen molar-refractivity contribution in [1.82, 2.24) is 15.6 Å². The monoisotopic (exact) mass is 576 g/mol. The number of aliphatic hydroxyl groups is 1. The summed E-state index contributed by atoms with van der Waals surface area (Å²) in [4.78, 5) is 32.6. The normalized spacial score (nSPS) is 21.2. The molecule has 10 heteroatoms. The Morgan fingerprint density at radius 1 is 1.08 bits per heavy atom. The standard InChI is InChI=1S/C29H38Cl2N4O4/c1-16(2)33-26(36)17-7-10-25(32-15-17)35-19-8-9-20(35)12-18(11-19)34-27(37)29(5,6)39-24-13-21(28(3,4)38)22(30)14-23(24)31/h7,10,13-16,18-20,38H,8-9,11-12H2,1-6H3,(H,33,36)(H,34,37)/t18-,19+,20-. The maximum atomic E-state index is 13.3. The number of rotatable bonds is 8. The van der Waals surface area contributed by atoms with E-state index in [1.54, 1.807) is 40.0 Å². The number of fused-ring (bicyclic) bond motifs is 2. The first-order valence-electron chi connectivity index (χ1n) is 13.4. The second kappa shape index (κ2) is 11.1. The molecular weight excluding hydrogens is 539 g/mol. The third-order valence-electron chi connectivity index (χ3n) is 7.36. The van der Waals surface area contributed by atoms with Gasteiger partial charge in [0.2, 0.25) is 0 Å². The van der Waals surface area contributed by atoms with E-state index < -0.39 is 11.2 Å². The molecule has 2 aliphatic rings. The van der Waals surface area contributed by atoms with Crippen LogP contribution in [-0.4, -0.2) is 51.7 Å². The van der Waals surface area contributed by atoms with E-state index in [1.807, 2.05) is 26.0 Å². The largest absolute Gasteiger partial charge is 0.476 e. The lowest BCUT2D eigenvalue weighted by molar-refractivity contribution is -0.135. The summed E-state index contributed by atoms with van der Waals surface area (Å²) in [5, 5.41) is 17.1. The molecule has 3 atom stereocenters. The SMILES string of the molecule is CC(C)NC(=O)c1ccc(N2[C@@H]3CC[C@H]2C[C@@H](NC(=O)C(C)(C)Oc2cc(C(C)(C)O)c(Cl)cc2Cl)C3)nc1. The summed E-state index contributed by atoms with van der Waals surface area (Å²) in [6.07, 6.45) is 5.26. The van der Waals surface area contributed by atoms with Crippen LogP contribution in [0, 0.1) is 0 Å². The first-order valence-corrected chi connectivity index (χ1v) is 14.2. The molecule has 1 aromatic carbocycles. The smallest absolute Gasteiger partial charge is 0.263 e. The number of pyridine rings is 1. The van der Waals surface area contributed by atoms with Crippen LogP contribution in [0.25, 0.3) is 0 Å². The van der Waals surface area contributed by atoms with E-state index in [9.17, 15) is 14.7 Å². The Morgan fingerprint density at radius 3 is 2.26 bits per heavy atom. The van der Waals surface area contributed by atoms with Gasteiger partial charge in [0.1, 0.15) is 11.6 Å². The zero-order valence-electron chi connectivity index (χ0n) is 23.3. The van der Waals surface area contributed by atoms with Crippen LogP contribution in [0.1, 0.15) is 83.1 Å². The fourth-order valence-corrected chi connectivity index (χ4v) is 6.10. The lowest BCUT2D eigenvalue weighted by Crippen LogP contribution is -2.55. The highest BCUT2D eigenvalue weighted by molar-refractivity contribution is 6.36. The Balaban J connectivity index is 1.40. The van der Waals surface area contributed by atoms with Gasteiger partial charge in [-0.25, -0.2) is 4.98 Å². The second-order valence-electron chi connectivity index (χ2n) is 11.9. The van der Waals surface area contributed by atoms with Crippen LogP contribution in [0.4, 0.5) is 5.82 Å². The van der Waals surface area contributed by atoms with Crippen molar-refractivity contribution in [3.05, 3.63) is 51.6 Å². The number of amides is 2. The molecule has 3 heterocycles. The van der Waals surface area contributed by atoms with E-state index in [4.69, 9.17) is 27.9 Å². The molecule has 0 saturated carbocycles. The third-order valence-corrected chi connectivity index (χ3v) is 7.96. The van der Waals surface area contributed by atoms with Gasteiger partial charge in [0, 0.05) is 41.0 Å². The molecule has 1 aromatic heterocycles. The number of nitrogens with zero attached hydrogens (tertiary/aromatic N) is 2. The fraction of sp³-hybridized carbons (Fsp3) is 0.552. The summed E-state index contributed by atoms with van der Waals surface area (Å²) in [5.74, 6) is 0.770. The van der Waals surface area contributed by atoms with E-state index >= 15 is 0 Å². The van der Waals surface area contributed by atoms with Gasteiger partial charge in [-0.05, 0) is 91.5 Å². The van der Waals surface area contributed by atoms with Gasteiger partial charge in [-0.1, -0.05) is 23.2 Å². The number of piperidine rings is 1. The number of hydrogen-bond acceptors (Lipinski definition) is 6. The number of hydrogen-bond donors (Lipinski definition) is 3. The average Bonchev–Trinajstić information content (AvgIpc) is 3.09. The minimum atomic E-state index is -1.21. The van der Waals surface area contributed by atoms with Crippen LogP contribution in [0.5, 0.6) is 5.75 Å². The second-order valence-corrected chi connectivity index (χ2v) is 12.7. The fourth-order valence-electron chi connectivity index (χ4n) is 5.44. The van der Waals surface area contributed by atoms with Gasteiger partial charge in [0.15, 0.2) is 5.60 Å². The molecule has 39 heavy (non-hydrogen) atoms. The molecule has 2 saturated heterocycles. The lowest BCUT2D eigenvalue weighted by Gasteiger charge is -2.41. The molecule has 0 spiro atoms. The van der Waals surface area contributed by atoms with E-state index in [1.165, 1.54) is 6.07 Å². The number of carbonyl (C=O) groups is 2. The molecule has 212 valence electrons. The van der Waals surface area contributed by atoms with E-state index in [-0.39, 0.29) is 46.8 Å². The van der Waals surface area contributed by atoms with Crippen molar-refractivity contribution < 1.29 is 19.4 Å². The predicted molar refractivity (Wildman–Crippen MR) is 154 cm³/mol. The molecule has 2 aromatic rings. The van der Waals surface area contributed by atoms with Crippen molar-refractivity contribution in [3.8, 4) is 5.75 Å². The van der Waals surface area contributed by atoms with Gasteiger partial charge in [-0.15, -0.1) is 0 Å². The van der Waals surface area contributed by atoms with Gasteiger partial charge >= 0.3 is 0 Å². The number of carbonyl (C=O) groups excluding carboxylic acids is 2. The van der Waals surface area contributed by atoms with Crippen LogP contribution < -0.4 is 20.3 Å². The van der Waals surface area contributed by atoms with Crippen LogP contribution in [0.3, 0.4) is 0 Å². The van der Waals surface area contributed by atoms with Crippen molar-refractivity contribution in [3.63, 3.8) is 0 Å². The first kappa shape index (κ1) is 29.4. The van der Waals surface area contributed by atoms with Gasteiger partial charge in [0.25, 0.3) is 11.8 Å². The number of nitrogens with one attached hydrogen (secondary N) is 2. The summed E-state index contributed by atoms with van der Waals surface area (Å²) in [5.41, 5.74) is -1.40. The Hall–Kier alpha value is -2.55. The summed E-state index contributed by atoms with van der Waals surface area (Å²) in [6.45, 7) is 10.5. The summed E-state index contributed by atoms with van der Waals surface area (Å²) in [7, 11) is 0. The summed E-state index contributed by atoms with van der Waals surface area (Å²) < 4.78 is 6.07. The zero-order valence-corrected chi connectivity index (χ0v) is 24.9. The molecule has 2 aliphatic heterocycles. The minimum Gasteiger partial charge on any atom is -0.476 e. The minimum absolute atomic E-state index is 0.00200. The first-order chi connectivity index (χ1) is 18.2. The molecule has 0 radical (unpaired) electrons. The number of aromatic nitrogens is 1. The Morgan fingerprint density at radius 2 is 1.72 bits per heavy atom. The maximum Gasteiger partial charge on any atom is 0.263 e. The molecule has 0 unspecified atom stereocenters. The quantitative estimate of drug-likeness (QED) is 0.397. The number of benzene rings is 1. The Labute approximate surface area is 240 Å². The van der Waals surface area contributed by atoms with E-state index in [0.29, 0.717) is 16.1 Å². The van der Waals surface area contributed by atoms with Crippen LogP contribution in [-0.2, 0) is 10.4 Å². The molecule has 8 nitrogen and oxygen atoms in total. The van der Waals surface area contributed by atoms with Crippen LogP contribution in [0.15, 0.2) is 30.5 Å². The topological polar surface area (TPSA) is 104 Å². The maximum absolute atomic E-state index is 13.3. The van der Waals surface area contributed by atoms with Crippen molar-refractivity contribution in [1.29, 1.82) is 0 Å².